The number of nitrogens with two attached hydrogens (primary N) is 1. The number of primary amides is 1. The van der Waals surface area contributed by atoms with E-state index in [1.165, 1.54) is 49.1 Å². The van der Waals surface area contributed by atoms with Crippen LogP contribution in [0.4, 0.5) is 15.3 Å². The highest BCUT2D eigenvalue weighted by molar-refractivity contribution is 6.34. The van der Waals surface area contributed by atoms with Gasteiger partial charge in [-0.25, -0.2) is 14.4 Å². The van der Waals surface area contributed by atoms with Crippen molar-refractivity contribution in [3.8, 4) is 0 Å². The molecule has 25 heteroatoms. The maximum Gasteiger partial charge on any atom is 0.409 e. The van der Waals surface area contributed by atoms with Crippen LogP contribution >= 0.6 is 11.6 Å². The van der Waals surface area contributed by atoms with Crippen molar-refractivity contribution in [3.63, 3.8) is 0 Å². The van der Waals surface area contributed by atoms with Gasteiger partial charge >= 0.3 is 18.1 Å². The first-order valence-electron chi connectivity index (χ1n) is 29.9. The van der Waals surface area contributed by atoms with Gasteiger partial charge in [0.2, 0.25) is 17.7 Å². The first-order chi connectivity index (χ1) is 42.0. The number of aliphatic hydroxyl groups is 1. The van der Waals surface area contributed by atoms with Crippen LogP contribution < -0.4 is 31.9 Å². The number of epoxide rings is 1. The van der Waals surface area contributed by atoms with Crippen molar-refractivity contribution in [2.24, 2.45) is 17.6 Å². The van der Waals surface area contributed by atoms with Crippen molar-refractivity contribution in [2.75, 3.05) is 39.2 Å². The van der Waals surface area contributed by atoms with Gasteiger partial charge in [-0.3, -0.25) is 48.8 Å². The molecule has 2 aromatic carbocycles. The molecule has 480 valence electrons. The molecule has 2 saturated heterocycles. The number of pyridine rings is 1. The van der Waals surface area contributed by atoms with Crippen LogP contribution in [0.3, 0.4) is 0 Å². The number of ketones is 1. The first-order valence-corrected chi connectivity index (χ1v) is 30.3. The molecular formula is C64H82ClN9O15. The number of Topliss-reactive ketones (excluding diaryl/α,β-unsaturated/α-hetero) is 1. The second kappa shape index (κ2) is 29.5. The number of rotatable bonds is 22. The summed E-state index contributed by atoms with van der Waals surface area (Å²) in [5.74, 6) is -4.99. The number of methoxy groups -OCH3 is 1. The summed E-state index contributed by atoms with van der Waals surface area (Å²) in [6, 6.07) is 7.71. The first kappa shape index (κ1) is 68.4. The van der Waals surface area contributed by atoms with Crippen molar-refractivity contribution >= 4 is 87.5 Å². The maximum atomic E-state index is 14.5. The van der Waals surface area contributed by atoms with Crippen LogP contribution in [0, 0.1) is 18.8 Å². The summed E-state index contributed by atoms with van der Waals surface area (Å²) >= 11 is 6.87. The third kappa shape index (κ3) is 17.0. The molecule has 4 bridgehead atoms. The highest BCUT2D eigenvalue weighted by Gasteiger charge is 2.64. The van der Waals surface area contributed by atoms with Crippen molar-refractivity contribution in [3.05, 3.63) is 106 Å². The van der Waals surface area contributed by atoms with Crippen LogP contribution in [0.15, 0.2) is 78.4 Å². The number of carbonyl (C=O) groups is 10. The fourth-order valence-electron chi connectivity index (χ4n) is 11.4. The average Bonchev–Trinajstić information content (AvgIpc) is 1.72. The van der Waals surface area contributed by atoms with E-state index in [0.717, 1.165) is 21.6 Å². The molecule has 89 heavy (non-hydrogen) atoms. The second-order valence-corrected chi connectivity index (χ2v) is 24.4. The number of urea groups is 1. The molecule has 0 saturated carbocycles. The van der Waals surface area contributed by atoms with Gasteiger partial charge in [0.1, 0.15) is 36.0 Å². The number of likely N-dealkylation sites (N-methyl/N-ethyl adjacent to an activating group) is 1. The van der Waals surface area contributed by atoms with Crippen molar-refractivity contribution in [1.29, 1.82) is 0 Å². The SMILES string of the molecule is CO[C@@H]1/C=C/C=C(\C)Cc2cc(C)c(Cl)c(c2)N(C)C(=O)C[C@H](OC(=O)[C@H](C)N(C)C(=O)c2ccc3nc(CC(=O)[C@H](CCCNC(N)=O)NC(=O)[C@@H](NC(=O)CCCCCN4C(=O)C=CC4=O)C(C)C)ccc3c2)[C@]2(C)O[C@H]2[C@H](C)[C@@H]2C[C@@]1(O)NC(=O)O2. The third-order valence-electron chi connectivity index (χ3n) is 16.9. The number of aryl methyl sites for hydroxylation is 1. The Bertz CT molecular complexity index is 3320. The number of fused-ring (bicyclic) bond motifs is 6. The van der Waals surface area contributed by atoms with E-state index >= 15 is 0 Å². The van der Waals surface area contributed by atoms with Crippen LogP contribution in [-0.2, 0) is 65.4 Å². The van der Waals surface area contributed by atoms with Crippen molar-refractivity contribution < 1.29 is 72.0 Å². The zero-order chi connectivity index (χ0) is 65.2. The largest absolute Gasteiger partial charge is 0.457 e. The summed E-state index contributed by atoms with van der Waals surface area (Å²) in [7, 11) is 4.43. The Balaban J connectivity index is 1.03. The Labute approximate surface area is 522 Å². The monoisotopic (exact) mass is 1250 g/mol. The van der Waals surface area contributed by atoms with E-state index in [9.17, 15) is 53.1 Å². The van der Waals surface area contributed by atoms with Crippen LogP contribution in [0.25, 0.3) is 10.9 Å². The summed E-state index contributed by atoms with van der Waals surface area (Å²) in [6.45, 7) is 12.6. The standard InChI is InChI=1S/C64H82ClN9O15/c1-35(2)56(70-51(76)19-12-11-13-27-74-52(77)24-25-53(74)78)58(80)69-45(17-15-26-67-61(66)83)47(75)32-43-22-20-41-31-42(21-23-44(41)68-43)59(81)72(8)39(6)60(82)88-50-33-54(79)73(9)46-30-40(29-37(4)55(46)65)28-36(3)16-14-18-49(86-10)64(85)34-48(87-62(84)71-64)38(5)57-63(50,7)89-57/h14,16,18,20-25,29-31,35,38-39,45,48-50,56-57,85H,11-13,15,17,19,26-28,32-34H2,1-10H3,(H,69,80)(H,70,76)(H,71,84)(H3,66,67,83)/b18-14+,36-16+/t38-,39+,45+,48+,49-,50+,56+,57+,63+,64+/m1/s1. The van der Waals surface area contributed by atoms with Gasteiger partial charge in [0, 0.05) is 81.8 Å². The lowest BCUT2D eigenvalue weighted by atomic mass is 9.83. The van der Waals surface area contributed by atoms with Crippen molar-refractivity contribution in [2.45, 2.75) is 167 Å². The minimum absolute atomic E-state index is 0.0866. The van der Waals surface area contributed by atoms with E-state index in [1.807, 2.05) is 32.1 Å². The molecule has 7 rings (SSSR count). The maximum absolute atomic E-state index is 14.5. The van der Waals surface area contributed by atoms with Crippen LogP contribution in [0.5, 0.6) is 0 Å². The molecule has 9 amide bonds. The van der Waals surface area contributed by atoms with Gasteiger partial charge in [0.15, 0.2) is 11.5 Å². The Morgan fingerprint density at radius 2 is 1.70 bits per heavy atom. The number of unbranched alkanes of at least 4 members (excludes halogenated alkanes) is 2. The third-order valence-corrected chi connectivity index (χ3v) is 17.4. The Kier molecular flexibility index (Phi) is 22.7. The van der Waals surface area contributed by atoms with Gasteiger partial charge in [0.05, 0.1) is 41.2 Å². The summed E-state index contributed by atoms with van der Waals surface area (Å²) in [4.78, 5) is 141. The number of esters is 1. The Hall–Kier alpha value is -8.06. The second-order valence-electron chi connectivity index (χ2n) is 24.0. The molecule has 4 aliphatic rings. The Morgan fingerprint density at radius 3 is 2.38 bits per heavy atom. The number of nitrogens with one attached hydrogen (secondary N) is 4. The van der Waals surface area contributed by atoms with E-state index in [2.05, 4.69) is 21.3 Å². The van der Waals surface area contributed by atoms with E-state index in [4.69, 9.17) is 41.3 Å². The number of allylic oxidation sites excluding steroid dienone is 3. The number of benzene rings is 2. The normalized spacial score (nSPS) is 24.7. The van der Waals surface area contributed by atoms with Crippen LogP contribution in [0.1, 0.15) is 120 Å². The topological polar surface area (TPSA) is 328 Å². The van der Waals surface area contributed by atoms with E-state index in [-0.39, 0.29) is 80.8 Å². The zero-order valence-electron chi connectivity index (χ0n) is 52.0. The molecule has 5 heterocycles. The highest BCUT2D eigenvalue weighted by Crippen LogP contribution is 2.49. The molecule has 0 spiro atoms. The Morgan fingerprint density at radius 1 is 0.978 bits per heavy atom. The van der Waals surface area contributed by atoms with E-state index in [0.29, 0.717) is 53.0 Å². The van der Waals surface area contributed by atoms with Gasteiger partial charge in [0.25, 0.3) is 17.7 Å². The summed E-state index contributed by atoms with van der Waals surface area (Å²) in [5, 5.41) is 23.4. The average molecular weight is 1250 g/mol. The number of hydrogen-bond acceptors (Lipinski definition) is 16. The number of hydrogen-bond donors (Lipinski definition) is 6. The summed E-state index contributed by atoms with van der Waals surface area (Å²) in [6.07, 6.45) is 4.58. The number of amides is 9. The van der Waals surface area contributed by atoms with Gasteiger partial charge in [-0.05, 0) is 107 Å². The predicted octanol–water partition coefficient (Wildman–Crippen LogP) is 5.35. The number of alkyl carbamates (subject to hydrolysis) is 1. The van der Waals surface area contributed by atoms with E-state index < -0.39 is 101 Å². The zero-order valence-corrected chi connectivity index (χ0v) is 52.8. The molecular weight excluding hydrogens is 1170 g/mol. The van der Waals surface area contributed by atoms with E-state index in [1.54, 1.807) is 71.2 Å². The molecule has 0 aliphatic carbocycles. The van der Waals surface area contributed by atoms with Crippen molar-refractivity contribution in [1.82, 2.24) is 36.1 Å². The summed E-state index contributed by atoms with van der Waals surface area (Å²) in [5.41, 5.74) is 5.94. The van der Waals surface area contributed by atoms with Gasteiger partial charge < -0.3 is 55.5 Å². The fraction of sp³-hybridized carbons (Fsp3) is 0.516. The molecule has 7 N–H and O–H groups in total. The molecule has 3 aromatic rings. The lowest BCUT2D eigenvalue weighted by molar-refractivity contribution is -0.158. The molecule has 10 atom stereocenters. The molecule has 2 fully saturated rings. The molecule has 4 aliphatic heterocycles. The molecule has 1 aromatic heterocycles. The smallest absolute Gasteiger partial charge is 0.409 e. The molecule has 0 radical (unpaired) electrons. The lowest BCUT2D eigenvalue weighted by Gasteiger charge is -2.42. The number of carbonyl (C=O) groups excluding carboxylic acids is 10. The predicted molar refractivity (Wildman–Crippen MR) is 329 cm³/mol. The summed E-state index contributed by atoms with van der Waals surface area (Å²) < 4.78 is 24.0. The van der Waals surface area contributed by atoms with Gasteiger partial charge in [-0.1, -0.05) is 74.7 Å². The van der Waals surface area contributed by atoms with Gasteiger partial charge in [-0.15, -0.1) is 0 Å². The number of ether oxygens (including phenoxy) is 4. The number of imide groups is 1. The van der Waals surface area contributed by atoms with Crippen LogP contribution in [-0.4, -0.2) is 167 Å². The number of aromatic nitrogens is 1. The number of halogens is 1. The lowest BCUT2D eigenvalue weighted by Crippen LogP contribution is -2.63. The van der Waals surface area contributed by atoms with Gasteiger partial charge in [-0.2, -0.15) is 0 Å². The minimum atomic E-state index is -1.89. The molecule has 0 unspecified atom stereocenters. The number of nitrogens with zero attached hydrogens (tertiary/aromatic N) is 4. The fourth-order valence-corrected chi connectivity index (χ4v) is 11.6. The molecule has 24 nitrogen and oxygen atoms in total. The number of anilines is 1. The highest BCUT2D eigenvalue weighted by atomic mass is 35.5. The quantitative estimate of drug-likeness (QED) is 0.0320. The van der Waals surface area contributed by atoms with Crippen LogP contribution in [0.2, 0.25) is 5.02 Å². The minimum Gasteiger partial charge on any atom is -0.457 e.